The van der Waals surface area contributed by atoms with Gasteiger partial charge in [0.05, 0.1) is 19.1 Å². The number of rotatable bonds is 7. The second-order valence-electron chi connectivity index (χ2n) is 7.48. The molecule has 0 spiro atoms. The highest BCUT2D eigenvalue weighted by atomic mass is 16.6. The molecule has 0 atom stereocenters. The number of para-hydroxylation sites is 1. The van der Waals surface area contributed by atoms with E-state index in [4.69, 9.17) is 9.47 Å². The number of nitrogens with zero attached hydrogens (tertiary/aromatic N) is 1. The smallest absolute Gasteiger partial charge is 0.326 e. The molecule has 9 heteroatoms. The molecule has 166 valence electrons. The highest BCUT2D eigenvalue weighted by molar-refractivity contribution is 6.11. The van der Waals surface area contributed by atoms with E-state index in [1.165, 1.54) is 26.4 Å². The molecule has 0 heterocycles. The molecule has 3 amide bonds. The molecule has 0 fully saturated rings. The van der Waals surface area contributed by atoms with E-state index >= 15 is 0 Å². The topological polar surface area (TPSA) is 120 Å². The summed E-state index contributed by atoms with van der Waals surface area (Å²) in [5.41, 5.74) is 1.84. The molecule has 0 bridgehead atoms. The summed E-state index contributed by atoms with van der Waals surface area (Å²) < 4.78 is 10.2. The van der Waals surface area contributed by atoms with Crippen LogP contribution >= 0.6 is 0 Å². The Morgan fingerprint density at radius 1 is 0.968 bits per heavy atom. The Balaban J connectivity index is 2.40. The van der Waals surface area contributed by atoms with E-state index in [-0.39, 0.29) is 28.9 Å². The highest BCUT2D eigenvalue weighted by Gasteiger charge is 2.28. The first-order valence-electron chi connectivity index (χ1n) is 9.76. The van der Waals surface area contributed by atoms with Crippen LogP contribution in [0, 0.1) is 10.1 Å². The first-order chi connectivity index (χ1) is 14.6. The van der Waals surface area contributed by atoms with Crippen molar-refractivity contribution >= 4 is 23.3 Å². The SMILES string of the molecule is COc1ccc([N+](=O)[O-])c(OC)c1C(=O)NC(=O)Nc1c(C(C)C)cccc1C(C)C. The van der Waals surface area contributed by atoms with Crippen molar-refractivity contribution in [3.8, 4) is 11.5 Å². The quantitative estimate of drug-likeness (QED) is 0.481. The lowest BCUT2D eigenvalue weighted by Gasteiger charge is -2.20. The molecular weight excluding hydrogens is 402 g/mol. The molecule has 0 aliphatic carbocycles. The van der Waals surface area contributed by atoms with E-state index in [9.17, 15) is 19.7 Å². The van der Waals surface area contributed by atoms with Crippen molar-refractivity contribution in [3.05, 3.63) is 57.1 Å². The molecule has 0 saturated heterocycles. The monoisotopic (exact) mass is 429 g/mol. The minimum atomic E-state index is -0.886. The Morgan fingerprint density at radius 2 is 1.55 bits per heavy atom. The fourth-order valence-corrected chi connectivity index (χ4v) is 3.29. The van der Waals surface area contributed by atoms with Gasteiger partial charge in [-0.1, -0.05) is 45.9 Å². The van der Waals surface area contributed by atoms with Gasteiger partial charge in [-0.05, 0) is 29.0 Å². The molecule has 0 unspecified atom stereocenters. The zero-order chi connectivity index (χ0) is 23.3. The normalized spacial score (nSPS) is 10.7. The average molecular weight is 429 g/mol. The zero-order valence-electron chi connectivity index (χ0n) is 18.4. The Kier molecular flexibility index (Phi) is 7.57. The number of nitrogens with one attached hydrogen (secondary N) is 2. The van der Waals surface area contributed by atoms with E-state index in [0.717, 1.165) is 11.1 Å². The Hall–Kier alpha value is -3.62. The predicted molar refractivity (Wildman–Crippen MR) is 117 cm³/mol. The van der Waals surface area contributed by atoms with Crippen molar-refractivity contribution in [3.63, 3.8) is 0 Å². The second kappa shape index (κ2) is 9.92. The van der Waals surface area contributed by atoms with Crippen LogP contribution in [0.25, 0.3) is 0 Å². The van der Waals surface area contributed by atoms with Crippen molar-refractivity contribution < 1.29 is 24.0 Å². The summed E-state index contributed by atoms with van der Waals surface area (Å²) in [6.45, 7) is 8.03. The lowest BCUT2D eigenvalue weighted by molar-refractivity contribution is -0.385. The van der Waals surface area contributed by atoms with E-state index in [0.29, 0.717) is 5.69 Å². The standard InChI is InChI=1S/C22H27N3O6/c1-12(2)14-8-7-9-15(13(3)4)19(14)23-22(27)24-21(26)18-17(30-5)11-10-16(25(28)29)20(18)31-6/h7-13H,1-6H3,(H2,23,24,26,27). The van der Waals surface area contributed by atoms with Gasteiger partial charge in [0, 0.05) is 11.8 Å². The highest BCUT2D eigenvalue weighted by Crippen LogP contribution is 2.37. The maximum atomic E-state index is 12.9. The number of methoxy groups -OCH3 is 2. The van der Waals surface area contributed by atoms with Crippen molar-refractivity contribution in [2.75, 3.05) is 19.5 Å². The fourth-order valence-electron chi connectivity index (χ4n) is 3.29. The first-order valence-corrected chi connectivity index (χ1v) is 9.76. The predicted octanol–water partition coefficient (Wildman–Crippen LogP) is 4.82. The first kappa shape index (κ1) is 23.7. The van der Waals surface area contributed by atoms with Gasteiger partial charge >= 0.3 is 11.7 Å². The summed E-state index contributed by atoms with van der Waals surface area (Å²) >= 11 is 0. The Bertz CT molecular complexity index is 975. The van der Waals surface area contributed by atoms with Crippen molar-refractivity contribution in [1.29, 1.82) is 0 Å². The maximum Gasteiger partial charge on any atom is 0.326 e. The number of carbonyl (C=O) groups excluding carboxylic acids is 2. The third kappa shape index (κ3) is 5.11. The van der Waals surface area contributed by atoms with Gasteiger partial charge < -0.3 is 14.8 Å². The van der Waals surface area contributed by atoms with Crippen LogP contribution in [-0.2, 0) is 0 Å². The number of amides is 3. The number of hydrogen-bond acceptors (Lipinski definition) is 6. The summed E-state index contributed by atoms with van der Waals surface area (Å²) in [5.74, 6) is -0.857. The Labute approximate surface area is 180 Å². The minimum Gasteiger partial charge on any atom is -0.496 e. The van der Waals surface area contributed by atoms with Gasteiger partial charge in [0.2, 0.25) is 5.75 Å². The van der Waals surface area contributed by atoms with Crippen LogP contribution < -0.4 is 20.1 Å². The number of imide groups is 1. The van der Waals surface area contributed by atoms with Gasteiger partial charge in [0.25, 0.3) is 5.91 Å². The van der Waals surface area contributed by atoms with Gasteiger partial charge in [-0.3, -0.25) is 20.2 Å². The number of hydrogen-bond donors (Lipinski definition) is 2. The van der Waals surface area contributed by atoms with Crippen LogP contribution in [0.4, 0.5) is 16.2 Å². The van der Waals surface area contributed by atoms with Crippen molar-refractivity contribution in [2.45, 2.75) is 39.5 Å². The van der Waals surface area contributed by atoms with E-state index < -0.39 is 22.5 Å². The van der Waals surface area contributed by atoms with E-state index in [2.05, 4.69) is 10.6 Å². The zero-order valence-corrected chi connectivity index (χ0v) is 18.4. The summed E-state index contributed by atoms with van der Waals surface area (Å²) in [4.78, 5) is 36.2. The van der Waals surface area contributed by atoms with Crippen LogP contribution in [-0.4, -0.2) is 31.1 Å². The molecular formula is C22H27N3O6. The number of anilines is 1. The van der Waals surface area contributed by atoms with Gasteiger partial charge in [-0.15, -0.1) is 0 Å². The number of ether oxygens (including phenoxy) is 2. The minimum absolute atomic E-state index is 0.0400. The maximum absolute atomic E-state index is 12.9. The van der Waals surface area contributed by atoms with Crippen LogP contribution in [0.1, 0.15) is 61.0 Å². The number of benzene rings is 2. The summed E-state index contributed by atoms with van der Waals surface area (Å²) in [7, 11) is 2.51. The van der Waals surface area contributed by atoms with Gasteiger partial charge in [0.1, 0.15) is 11.3 Å². The lowest BCUT2D eigenvalue weighted by Crippen LogP contribution is -2.35. The lowest BCUT2D eigenvalue weighted by atomic mass is 9.93. The number of carbonyl (C=O) groups is 2. The van der Waals surface area contributed by atoms with Crippen LogP contribution in [0.2, 0.25) is 0 Å². The molecule has 0 saturated carbocycles. The molecule has 0 aliphatic heterocycles. The van der Waals surface area contributed by atoms with Crippen molar-refractivity contribution in [1.82, 2.24) is 5.32 Å². The molecule has 31 heavy (non-hydrogen) atoms. The summed E-state index contributed by atoms with van der Waals surface area (Å²) in [5, 5.41) is 16.3. The summed E-state index contributed by atoms with van der Waals surface area (Å²) in [6.07, 6.45) is 0. The van der Waals surface area contributed by atoms with Gasteiger partial charge in [-0.25, -0.2) is 4.79 Å². The summed E-state index contributed by atoms with van der Waals surface area (Å²) in [6, 6.07) is 7.44. The largest absolute Gasteiger partial charge is 0.496 e. The molecule has 2 aromatic rings. The van der Waals surface area contributed by atoms with E-state index in [1.54, 1.807) is 0 Å². The Morgan fingerprint density at radius 3 is 2.00 bits per heavy atom. The van der Waals surface area contributed by atoms with Gasteiger partial charge in [0.15, 0.2) is 0 Å². The molecule has 2 N–H and O–H groups in total. The van der Waals surface area contributed by atoms with Crippen molar-refractivity contribution in [2.24, 2.45) is 0 Å². The molecule has 0 aromatic heterocycles. The fraction of sp³-hybridized carbons (Fsp3) is 0.364. The van der Waals surface area contributed by atoms with Crippen LogP contribution in [0.3, 0.4) is 0 Å². The van der Waals surface area contributed by atoms with Gasteiger partial charge in [-0.2, -0.15) is 0 Å². The number of urea groups is 1. The molecule has 2 aromatic carbocycles. The molecule has 0 radical (unpaired) electrons. The second-order valence-corrected chi connectivity index (χ2v) is 7.48. The number of nitro groups is 1. The average Bonchev–Trinajstić information content (AvgIpc) is 2.71. The third-order valence-electron chi connectivity index (χ3n) is 4.79. The number of nitro benzene ring substituents is 1. The third-order valence-corrected chi connectivity index (χ3v) is 4.79. The molecule has 2 rings (SSSR count). The van der Waals surface area contributed by atoms with Crippen LogP contribution in [0.15, 0.2) is 30.3 Å². The van der Waals surface area contributed by atoms with Crippen LogP contribution in [0.5, 0.6) is 11.5 Å². The van der Waals surface area contributed by atoms with E-state index in [1.807, 2.05) is 45.9 Å². The molecule has 9 nitrogen and oxygen atoms in total. The molecule has 0 aliphatic rings.